The molecule has 6 nitrogen and oxygen atoms in total. The van der Waals surface area contributed by atoms with Crippen molar-refractivity contribution >= 4 is 22.5 Å². The molecule has 0 aliphatic rings. The van der Waals surface area contributed by atoms with Crippen LogP contribution in [0.25, 0.3) is 16.6 Å². The van der Waals surface area contributed by atoms with Gasteiger partial charge in [-0.05, 0) is 31.2 Å². The van der Waals surface area contributed by atoms with Crippen molar-refractivity contribution < 1.29 is 9.18 Å². The molecule has 3 aromatic heterocycles. The maximum absolute atomic E-state index is 13.4. The maximum atomic E-state index is 13.4. The van der Waals surface area contributed by atoms with Gasteiger partial charge in [-0.25, -0.2) is 13.9 Å². The maximum Gasteiger partial charge on any atom is 0.252 e. The number of carbonyl (C=O) groups excluding carboxylic acids is 1. The van der Waals surface area contributed by atoms with Gasteiger partial charge in [0.15, 0.2) is 5.65 Å². The van der Waals surface area contributed by atoms with Gasteiger partial charge < -0.3 is 5.32 Å². The number of carbonyl (C=O) groups is 1. The summed E-state index contributed by atoms with van der Waals surface area (Å²) in [6, 6.07) is 7.71. The molecule has 3 heterocycles. The molecule has 0 aliphatic carbocycles. The summed E-state index contributed by atoms with van der Waals surface area (Å²) in [6.07, 6.45) is 5.15. The van der Waals surface area contributed by atoms with Crippen LogP contribution in [-0.2, 0) is 6.54 Å². The fourth-order valence-electron chi connectivity index (χ4n) is 2.79. The Morgan fingerprint density at radius 2 is 2.20 bits per heavy atom. The first kappa shape index (κ1) is 15.2. The van der Waals surface area contributed by atoms with Crippen molar-refractivity contribution in [2.75, 3.05) is 0 Å². The molecule has 124 valence electrons. The molecular weight excluding hydrogens is 321 g/mol. The predicted molar refractivity (Wildman–Crippen MR) is 90.6 cm³/mol. The second-order valence-electron chi connectivity index (χ2n) is 5.71. The Hall–Kier alpha value is -3.35. The van der Waals surface area contributed by atoms with Crippen LogP contribution in [0.1, 0.15) is 21.6 Å². The van der Waals surface area contributed by atoms with Crippen molar-refractivity contribution in [3.8, 4) is 0 Å². The third-order valence-corrected chi connectivity index (χ3v) is 3.94. The molecule has 0 saturated heterocycles. The van der Waals surface area contributed by atoms with Crippen LogP contribution in [0.2, 0.25) is 0 Å². The van der Waals surface area contributed by atoms with Gasteiger partial charge in [0.2, 0.25) is 0 Å². The van der Waals surface area contributed by atoms with Gasteiger partial charge in [-0.1, -0.05) is 0 Å². The predicted octanol–water partition coefficient (Wildman–Crippen LogP) is 2.66. The lowest BCUT2D eigenvalue weighted by Crippen LogP contribution is -2.23. The molecule has 0 atom stereocenters. The molecule has 4 aromatic rings. The first-order chi connectivity index (χ1) is 12.1. The molecule has 1 aromatic carbocycles. The standard InChI is InChI=1S/C18H14FN5O/c1-11-7-15(14-4-3-13(19)8-16(14)23-11)18(25)21-9-12-10-22-24-6-2-5-20-17(12)24/h2-8,10H,9H2,1H3,(H,21,25). The molecule has 1 N–H and O–H groups in total. The van der Waals surface area contributed by atoms with E-state index >= 15 is 0 Å². The van der Waals surface area contributed by atoms with Gasteiger partial charge in [0.05, 0.1) is 17.3 Å². The van der Waals surface area contributed by atoms with E-state index in [9.17, 15) is 9.18 Å². The zero-order chi connectivity index (χ0) is 17.4. The zero-order valence-electron chi connectivity index (χ0n) is 13.4. The Morgan fingerprint density at radius 1 is 1.32 bits per heavy atom. The lowest BCUT2D eigenvalue weighted by atomic mass is 10.1. The third-order valence-electron chi connectivity index (χ3n) is 3.94. The first-order valence-corrected chi connectivity index (χ1v) is 7.74. The largest absolute Gasteiger partial charge is 0.348 e. The number of aromatic nitrogens is 4. The summed E-state index contributed by atoms with van der Waals surface area (Å²) in [5, 5.41) is 7.68. The number of amides is 1. The van der Waals surface area contributed by atoms with Gasteiger partial charge in [0.1, 0.15) is 5.82 Å². The smallest absolute Gasteiger partial charge is 0.252 e. The molecule has 0 bridgehead atoms. The highest BCUT2D eigenvalue weighted by Crippen LogP contribution is 2.20. The monoisotopic (exact) mass is 335 g/mol. The number of fused-ring (bicyclic) bond motifs is 2. The number of nitrogens with one attached hydrogen (secondary N) is 1. The van der Waals surface area contributed by atoms with Gasteiger partial charge in [-0.3, -0.25) is 9.78 Å². The van der Waals surface area contributed by atoms with Gasteiger partial charge in [0, 0.05) is 41.6 Å². The topological polar surface area (TPSA) is 72.2 Å². The molecule has 0 aliphatic heterocycles. The van der Waals surface area contributed by atoms with Crippen LogP contribution < -0.4 is 5.32 Å². The molecule has 0 fully saturated rings. The van der Waals surface area contributed by atoms with Crippen molar-refractivity contribution in [3.63, 3.8) is 0 Å². The highest BCUT2D eigenvalue weighted by Gasteiger charge is 2.13. The summed E-state index contributed by atoms with van der Waals surface area (Å²) in [7, 11) is 0. The summed E-state index contributed by atoms with van der Waals surface area (Å²) < 4.78 is 15.1. The Balaban J connectivity index is 1.64. The van der Waals surface area contributed by atoms with Crippen LogP contribution in [0.15, 0.2) is 48.9 Å². The summed E-state index contributed by atoms with van der Waals surface area (Å²) >= 11 is 0. The average molecular weight is 335 g/mol. The summed E-state index contributed by atoms with van der Waals surface area (Å²) in [6.45, 7) is 2.07. The summed E-state index contributed by atoms with van der Waals surface area (Å²) in [4.78, 5) is 21.2. The van der Waals surface area contributed by atoms with E-state index in [1.807, 2.05) is 0 Å². The Bertz CT molecular complexity index is 1100. The fraction of sp³-hybridized carbons (Fsp3) is 0.111. The van der Waals surface area contributed by atoms with Crippen molar-refractivity contribution in [2.45, 2.75) is 13.5 Å². The number of halogens is 1. The SMILES string of the molecule is Cc1cc(C(=O)NCc2cnn3cccnc23)c2ccc(F)cc2n1. The Kier molecular flexibility index (Phi) is 3.61. The fourth-order valence-corrected chi connectivity index (χ4v) is 2.79. The van der Waals surface area contributed by atoms with E-state index < -0.39 is 0 Å². The van der Waals surface area contributed by atoms with Crippen LogP contribution in [0.5, 0.6) is 0 Å². The summed E-state index contributed by atoms with van der Waals surface area (Å²) in [5.74, 6) is -0.633. The van der Waals surface area contributed by atoms with Crippen LogP contribution in [0.4, 0.5) is 4.39 Å². The molecule has 25 heavy (non-hydrogen) atoms. The number of nitrogens with zero attached hydrogens (tertiary/aromatic N) is 4. The van der Waals surface area contributed by atoms with E-state index in [-0.39, 0.29) is 11.7 Å². The second-order valence-corrected chi connectivity index (χ2v) is 5.71. The minimum Gasteiger partial charge on any atom is -0.348 e. The quantitative estimate of drug-likeness (QED) is 0.625. The van der Waals surface area contributed by atoms with Gasteiger partial charge in [-0.15, -0.1) is 0 Å². The number of hydrogen-bond donors (Lipinski definition) is 1. The van der Waals surface area contributed by atoms with E-state index in [1.165, 1.54) is 12.1 Å². The number of benzene rings is 1. The van der Waals surface area contributed by atoms with Crippen molar-refractivity contribution in [3.05, 3.63) is 71.6 Å². The molecular formula is C18H14FN5O. The Labute approximate surface area is 142 Å². The molecule has 1 amide bonds. The highest BCUT2D eigenvalue weighted by atomic mass is 19.1. The molecule has 0 spiro atoms. The first-order valence-electron chi connectivity index (χ1n) is 7.74. The van der Waals surface area contributed by atoms with E-state index in [1.54, 1.807) is 48.2 Å². The number of pyridine rings is 1. The van der Waals surface area contributed by atoms with Gasteiger partial charge >= 0.3 is 0 Å². The number of hydrogen-bond acceptors (Lipinski definition) is 4. The molecule has 4 rings (SSSR count). The lowest BCUT2D eigenvalue weighted by Gasteiger charge is -2.09. The number of rotatable bonds is 3. The van der Waals surface area contributed by atoms with Crippen LogP contribution in [-0.4, -0.2) is 25.5 Å². The Morgan fingerprint density at radius 3 is 3.08 bits per heavy atom. The third kappa shape index (κ3) is 2.80. The van der Waals surface area contributed by atoms with Crippen molar-refractivity contribution in [1.82, 2.24) is 24.9 Å². The minimum absolute atomic E-state index is 0.252. The van der Waals surface area contributed by atoms with Crippen molar-refractivity contribution in [2.24, 2.45) is 0 Å². The van der Waals surface area contributed by atoms with Crippen LogP contribution >= 0.6 is 0 Å². The zero-order valence-corrected chi connectivity index (χ0v) is 13.4. The van der Waals surface area contributed by atoms with Crippen LogP contribution in [0, 0.1) is 12.7 Å². The molecule has 7 heteroatoms. The molecule has 0 radical (unpaired) electrons. The van der Waals surface area contributed by atoms with E-state index in [2.05, 4.69) is 20.4 Å². The van der Waals surface area contributed by atoms with Crippen LogP contribution in [0.3, 0.4) is 0 Å². The van der Waals surface area contributed by atoms with E-state index in [0.717, 1.165) is 5.56 Å². The average Bonchev–Trinajstić information content (AvgIpc) is 3.01. The molecule has 0 saturated carbocycles. The lowest BCUT2D eigenvalue weighted by molar-refractivity contribution is 0.0952. The second kappa shape index (κ2) is 5.94. The van der Waals surface area contributed by atoms with E-state index in [0.29, 0.717) is 34.4 Å². The highest BCUT2D eigenvalue weighted by molar-refractivity contribution is 6.06. The molecule has 0 unspecified atom stereocenters. The number of aryl methyl sites for hydroxylation is 1. The normalized spacial score (nSPS) is 11.1. The van der Waals surface area contributed by atoms with Crippen molar-refractivity contribution in [1.29, 1.82) is 0 Å². The van der Waals surface area contributed by atoms with E-state index in [4.69, 9.17) is 0 Å². The minimum atomic E-state index is -0.380. The van der Waals surface area contributed by atoms with Gasteiger partial charge in [0.25, 0.3) is 5.91 Å². The summed E-state index contributed by atoms with van der Waals surface area (Å²) in [5.41, 5.74) is 3.09. The van der Waals surface area contributed by atoms with Gasteiger partial charge in [-0.2, -0.15) is 5.10 Å².